The molecule has 0 aliphatic rings. The van der Waals surface area contributed by atoms with Gasteiger partial charge in [0.25, 0.3) is 5.91 Å². The van der Waals surface area contributed by atoms with Gasteiger partial charge in [-0.1, -0.05) is 30.3 Å². The number of methoxy groups -OCH3 is 1. The number of hydrogen-bond donors (Lipinski definition) is 2. The Morgan fingerprint density at radius 3 is 2.63 bits per heavy atom. The second kappa shape index (κ2) is 8.50. The Balaban J connectivity index is 1.78. The van der Waals surface area contributed by atoms with Crippen LogP contribution in [0.5, 0.6) is 5.75 Å². The fourth-order valence-electron chi connectivity index (χ4n) is 2.57. The van der Waals surface area contributed by atoms with Gasteiger partial charge in [-0.05, 0) is 35.9 Å². The number of aromatic amines is 1. The van der Waals surface area contributed by atoms with Gasteiger partial charge in [-0.25, -0.2) is 0 Å². The van der Waals surface area contributed by atoms with Gasteiger partial charge in [-0.3, -0.25) is 9.89 Å². The number of rotatable bonds is 6. The van der Waals surface area contributed by atoms with E-state index in [1.807, 2.05) is 60.7 Å². The minimum Gasteiger partial charge on any atom is -0.497 e. The second-order valence-corrected chi connectivity index (χ2v) is 5.77. The van der Waals surface area contributed by atoms with Crippen molar-refractivity contribution in [3.05, 3.63) is 77.5 Å². The molecule has 6 heteroatoms. The summed E-state index contributed by atoms with van der Waals surface area (Å²) >= 11 is 0. The standard InChI is InChI=1S/C21H18N4O2/c1-27-19-9-7-16(8-10-19)20-18(14-24-25-20)11-17(12-22)21(26)23-13-15-5-3-2-4-6-15/h2-11,14H,13H2,1H3,(H,23,26)(H,24,25)/b17-11-. The van der Waals surface area contributed by atoms with E-state index in [0.29, 0.717) is 12.1 Å². The number of nitriles is 1. The first-order valence-corrected chi connectivity index (χ1v) is 8.33. The molecule has 3 rings (SSSR count). The zero-order valence-corrected chi connectivity index (χ0v) is 14.8. The van der Waals surface area contributed by atoms with Crippen LogP contribution in [0.1, 0.15) is 11.1 Å². The van der Waals surface area contributed by atoms with Crippen molar-refractivity contribution in [3.8, 4) is 23.1 Å². The summed E-state index contributed by atoms with van der Waals surface area (Å²) in [5, 5.41) is 19.1. The number of carbonyl (C=O) groups is 1. The predicted octanol–water partition coefficient (Wildman–Crippen LogP) is 3.31. The van der Waals surface area contributed by atoms with Crippen molar-refractivity contribution >= 4 is 12.0 Å². The fourth-order valence-corrected chi connectivity index (χ4v) is 2.57. The average molecular weight is 358 g/mol. The molecule has 27 heavy (non-hydrogen) atoms. The molecule has 0 spiro atoms. The van der Waals surface area contributed by atoms with Crippen molar-refractivity contribution in [1.29, 1.82) is 5.26 Å². The SMILES string of the molecule is COc1ccc(-c2[nH]ncc2/C=C(/C#N)C(=O)NCc2ccccc2)cc1. The zero-order chi connectivity index (χ0) is 19.1. The van der Waals surface area contributed by atoms with E-state index in [-0.39, 0.29) is 5.57 Å². The number of ether oxygens (including phenoxy) is 1. The molecule has 1 amide bonds. The van der Waals surface area contributed by atoms with Gasteiger partial charge >= 0.3 is 0 Å². The third-order valence-electron chi connectivity index (χ3n) is 4.01. The summed E-state index contributed by atoms with van der Waals surface area (Å²) in [6.07, 6.45) is 3.12. The van der Waals surface area contributed by atoms with E-state index in [9.17, 15) is 10.1 Å². The summed E-state index contributed by atoms with van der Waals surface area (Å²) in [7, 11) is 1.60. The number of benzene rings is 2. The second-order valence-electron chi connectivity index (χ2n) is 5.77. The van der Waals surface area contributed by atoms with Crippen molar-refractivity contribution in [1.82, 2.24) is 15.5 Å². The Kier molecular flexibility index (Phi) is 5.65. The van der Waals surface area contributed by atoms with Gasteiger partial charge < -0.3 is 10.1 Å². The van der Waals surface area contributed by atoms with Crippen LogP contribution in [-0.2, 0) is 11.3 Å². The molecule has 2 aromatic carbocycles. The number of aromatic nitrogens is 2. The molecule has 3 aromatic rings. The quantitative estimate of drug-likeness (QED) is 0.522. The highest BCUT2D eigenvalue weighted by atomic mass is 16.5. The molecule has 0 saturated heterocycles. The fraction of sp³-hybridized carbons (Fsp3) is 0.0952. The highest BCUT2D eigenvalue weighted by Crippen LogP contribution is 2.25. The van der Waals surface area contributed by atoms with Gasteiger partial charge in [-0.2, -0.15) is 10.4 Å². The first kappa shape index (κ1) is 18.0. The molecule has 0 bridgehead atoms. The Labute approximate surface area is 157 Å². The molecule has 2 N–H and O–H groups in total. The van der Waals surface area contributed by atoms with E-state index in [1.54, 1.807) is 13.3 Å². The monoisotopic (exact) mass is 358 g/mol. The summed E-state index contributed by atoms with van der Waals surface area (Å²) in [6.45, 7) is 0.357. The number of hydrogen-bond acceptors (Lipinski definition) is 4. The average Bonchev–Trinajstić information content (AvgIpc) is 3.19. The largest absolute Gasteiger partial charge is 0.497 e. The lowest BCUT2D eigenvalue weighted by molar-refractivity contribution is -0.117. The molecule has 0 atom stereocenters. The minimum atomic E-state index is -0.428. The van der Waals surface area contributed by atoms with Crippen LogP contribution in [0.4, 0.5) is 0 Å². The zero-order valence-electron chi connectivity index (χ0n) is 14.8. The van der Waals surface area contributed by atoms with Crippen LogP contribution in [0.15, 0.2) is 66.4 Å². The number of nitrogens with zero attached hydrogens (tertiary/aromatic N) is 2. The molecule has 0 aliphatic heterocycles. The van der Waals surface area contributed by atoms with Gasteiger partial charge in [0.05, 0.1) is 19.0 Å². The van der Waals surface area contributed by atoms with Crippen molar-refractivity contribution in [2.75, 3.05) is 7.11 Å². The van der Waals surface area contributed by atoms with Crippen LogP contribution in [0.25, 0.3) is 17.3 Å². The molecule has 1 heterocycles. The third-order valence-corrected chi connectivity index (χ3v) is 4.01. The van der Waals surface area contributed by atoms with E-state index >= 15 is 0 Å². The van der Waals surface area contributed by atoms with Crippen LogP contribution < -0.4 is 10.1 Å². The molecular weight excluding hydrogens is 340 g/mol. The number of H-pyrrole nitrogens is 1. The summed E-state index contributed by atoms with van der Waals surface area (Å²) < 4.78 is 5.16. The Bertz CT molecular complexity index is 983. The first-order valence-electron chi connectivity index (χ1n) is 8.33. The Morgan fingerprint density at radius 1 is 1.22 bits per heavy atom. The van der Waals surface area contributed by atoms with Gasteiger partial charge in [-0.15, -0.1) is 0 Å². The van der Waals surface area contributed by atoms with Crippen LogP contribution in [-0.4, -0.2) is 23.2 Å². The Hall–Kier alpha value is -3.85. The highest BCUT2D eigenvalue weighted by Gasteiger charge is 2.12. The van der Waals surface area contributed by atoms with E-state index in [4.69, 9.17) is 4.74 Å². The van der Waals surface area contributed by atoms with E-state index in [0.717, 1.165) is 22.6 Å². The molecule has 0 saturated carbocycles. The third kappa shape index (κ3) is 4.41. The van der Waals surface area contributed by atoms with Crippen LogP contribution in [0.3, 0.4) is 0 Å². The lowest BCUT2D eigenvalue weighted by Gasteiger charge is -2.05. The Morgan fingerprint density at radius 2 is 1.96 bits per heavy atom. The van der Waals surface area contributed by atoms with Gasteiger partial charge in [0.1, 0.15) is 17.4 Å². The maximum atomic E-state index is 12.4. The normalized spacial score (nSPS) is 10.9. The molecular formula is C21H18N4O2. The summed E-state index contributed by atoms with van der Waals surface area (Å²) in [6, 6.07) is 18.9. The molecule has 0 fully saturated rings. The van der Waals surface area contributed by atoms with Gasteiger partial charge in [0.15, 0.2) is 0 Å². The smallest absolute Gasteiger partial charge is 0.262 e. The molecule has 0 aliphatic carbocycles. The summed E-state index contributed by atoms with van der Waals surface area (Å²) in [5.74, 6) is 0.316. The van der Waals surface area contributed by atoms with Gasteiger partial charge in [0, 0.05) is 17.7 Å². The van der Waals surface area contributed by atoms with Crippen LogP contribution in [0.2, 0.25) is 0 Å². The molecule has 0 radical (unpaired) electrons. The minimum absolute atomic E-state index is 0.0158. The van der Waals surface area contributed by atoms with E-state index in [1.165, 1.54) is 6.08 Å². The summed E-state index contributed by atoms with van der Waals surface area (Å²) in [4.78, 5) is 12.4. The molecule has 6 nitrogen and oxygen atoms in total. The molecule has 0 unspecified atom stereocenters. The molecule has 1 aromatic heterocycles. The number of carbonyl (C=O) groups excluding carboxylic acids is 1. The lowest BCUT2D eigenvalue weighted by Crippen LogP contribution is -2.23. The predicted molar refractivity (Wildman–Crippen MR) is 102 cm³/mol. The van der Waals surface area contributed by atoms with Crippen LogP contribution in [0, 0.1) is 11.3 Å². The maximum Gasteiger partial charge on any atom is 0.262 e. The molecule has 134 valence electrons. The summed E-state index contributed by atoms with van der Waals surface area (Å²) in [5.41, 5.74) is 3.24. The highest BCUT2D eigenvalue weighted by molar-refractivity contribution is 6.02. The van der Waals surface area contributed by atoms with Crippen LogP contribution >= 0.6 is 0 Å². The van der Waals surface area contributed by atoms with Crippen molar-refractivity contribution in [3.63, 3.8) is 0 Å². The number of amides is 1. The van der Waals surface area contributed by atoms with Crippen molar-refractivity contribution in [2.24, 2.45) is 0 Å². The topological polar surface area (TPSA) is 90.8 Å². The lowest BCUT2D eigenvalue weighted by atomic mass is 10.1. The number of nitrogens with one attached hydrogen (secondary N) is 2. The van der Waals surface area contributed by atoms with Crippen molar-refractivity contribution < 1.29 is 9.53 Å². The van der Waals surface area contributed by atoms with E-state index < -0.39 is 5.91 Å². The first-order chi connectivity index (χ1) is 13.2. The maximum absolute atomic E-state index is 12.4. The van der Waals surface area contributed by atoms with E-state index in [2.05, 4.69) is 15.5 Å². The van der Waals surface area contributed by atoms with Gasteiger partial charge in [0.2, 0.25) is 0 Å². The van der Waals surface area contributed by atoms with Crippen molar-refractivity contribution in [2.45, 2.75) is 6.54 Å².